The van der Waals surface area contributed by atoms with Gasteiger partial charge in [-0.05, 0) is 44.0 Å². The minimum atomic E-state index is -0.770. The lowest BCUT2D eigenvalue weighted by Crippen LogP contribution is -2.00. The number of hydrogen-bond acceptors (Lipinski definition) is 1. The Morgan fingerprint density at radius 3 is 2.37 bits per heavy atom. The number of aliphatic carboxylic acids is 1. The van der Waals surface area contributed by atoms with E-state index in [-0.39, 0.29) is 6.42 Å². The molecule has 0 aliphatic heterocycles. The van der Waals surface area contributed by atoms with Crippen molar-refractivity contribution in [1.82, 2.24) is 4.57 Å². The van der Waals surface area contributed by atoms with Crippen LogP contribution in [0.25, 0.3) is 5.69 Å². The molecule has 1 heterocycles. The van der Waals surface area contributed by atoms with Gasteiger partial charge in [0.15, 0.2) is 0 Å². The molecule has 0 saturated heterocycles. The first-order valence-electron chi connectivity index (χ1n) is 6.14. The molecule has 19 heavy (non-hydrogen) atoms. The first-order chi connectivity index (χ1) is 8.99. The summed E-state index contributed by atoms with van der Waals surface area (Å²) in [6.07, 6.45) is 0.715. The molecule has 0 saturated carbocycles. The molecule has 0 fully saturated rings. The van der Waals surface area contributed by atoms with Crippen molar-refractivity contribution in [3.8, 4) is 5.69 Å². The third-order valence-corrected chi connectivity index (χ3v) is 3.57. The number of aromatic nitrogens is 1. The molecule has 4 heteroatoms. The Balaban J connectivity index is 2.25. The first-order valence-corrected chi connectivity index (χ1v) is 6.52. The average molecular weight is 278 g/mol. The topological polar surface area (TPSA) is 42.2 Å². The van der Waals surface area contributed by atoms with E-state index in [4.69, 9.17) is 16.7 Å². The van der Waals surface area contributed by atoms with Crippen molar-refractivity contribution in [2.75, 3.05) is 0 Å². The number of halogens is 1. The van der Waals surface area contributed by atoms with Gasteiger partial charge in [-0.25, -0.2) is 0 Å². The van der Waals surface area contributed by atoms with Crippen LogP contribution in [0, 0.1) is 13.8 Å². The van der Waals surface area contributed by atoms with Gasteiger partial charge in [0.05, 0.1) is 5.02 Å². The highest BCUT2D eigenvalue weighted by Crippen LogP contribution is 2.24. The number of benzene rings is 1. The minimum Gasteiger partial charge on any atom is -0.481 e. The number of carbonyl (C=O) groups is 1. The number of hydrogen-bond donors (Lipinski definition) is 1. The van der Waals surface area contributed by atoms with Crippen LogP contribution in [0.2, 0.25) is 5.02 Å². The van der Waals surface area contributed by atoms with Crippen LogP contribution in [0.5, 0.6) is 0 Å². The van der Waals surface area contributed by atoms with E-state index in [0.717, 1.165) is 27.7 Å². The van der Waals surface area contributed by atoms with Crippen LogP contribution in [-0.4, -0.2) is 15.6 Å². The zero-order valence-electron chi connectivity index (χ0n) is 11.0. The first kappa shape index (κ1) is 13.7. The molecule has 0 amide bonds. The van der Waals surface area contributed by atoms with Crippen LogP contribution in [0.3, 0.4) is 0 Å². The van der Waals surface area contributed by atoms with Crippen LogP contribution >= 0.6 is 11.6 Å². The maximum absolute atomic E-state index is 10.5. The molecule has 2 rings (SSSR count). The number of carboxylic acid groups (broad SMARTS) is 1. The molecular formula is C15H16ClNO2. The number of carboxylic acids is 1. The largest absolute Gasteiger partial charge is 0.481 e. The summed E-state index contributed by atoms with van der Waals surface area (Å²) in [7, 11) is 0. The highest BCUT2D eigenvalue weighted by molar-refractivity contribution is 6.31. The van der Waals surface area contributed by atoms with E-state index < -0.39 is 5.97 Å². The standard InChI is InChI=1S/C15H16ClNO2/c1-10-9-14(16)11(2)17(10)13-6-3-12(4-7-13)5-8-15(18)19/h3-4,6-7,9H,5,8H2,1-2H3,(H,18,19). The number of nitrogens with zero attached hydrogens (tertiary/aromatic N) is 1. The molecule has 1 aromatic carbocycles. The number of rotatable bonds is 4. The van der Waals surface area contributed by atoms with Crippen molar-refractivity contribution in [1.29, 1.82) is 0 Å². The van der Waals surface area contributed by atoms with E-state index >= 15 is 0 Å². The molecular weight excluding hydrogens is 262 g/mol. The second kappa shape index (κ2) is 5.49. The van der Waals surface area contributed by atoms with E-state index in [1.165, 1.54) is 0 Å². The molecule has 100 valence electrons. The Bertz CT molecular complexity index is 599. The predicted molar refractivity (Wildman–Crippen MR) is 76.2 cm³/mol. The Morgan fingerprint density at radius 1 is 1.26 bits per heavy atom. The van der Waals surface area contributed by atoms with Crippen molar-refractivity contribution >= 4 is 17.6 Å². The zero-order valence-corrected chi connectivity index (χ0v) is 11.7. The summed E-state index contributed by atoms with van der Waals surface area (Å²) in [6.45, 7) is 3.99. The summed E-state index contributed by atoms with van der Waals surface area (Å²) in [5.74, 6) is -0.770. The fraction of sp³-hybridized carbons (Fsp3) is 0.267. The van der Waals surface area contributed by atoms with Crippen molar-refractivity contribution in [2.45, 2.75) is 26.7 Å². The van der Waals surface area contributed by atoms with Crippen LogP contribution in [0.4, 0.5) is 0 Å². The maximum atomic E-state index is 10.5. The highest BCUT2D eigenvalue weighted by Gasteiger charge is 2.08. The lowest BCUT2D eigenvalue weighted by atomic mass is 10.1. The second-order valence-electron chi connectivity index (χ2n) is 4.61. The second-order valence-corrected chi connectivity index (χ2v) is 5.02. The molecule has 0 radical (unpaired) electrons. The van der Waals surface area contributed by atoms with Gasteiger partial charge in [-0.3, -0.25) is 4.79 Å². The summed E-state index contributed by atoms with van der Waals surface area (Å²) < 4.78 is 2.09. The third-order valence-electron chi connectivity index (χ3n) is 3.19. The molecule has 1 N–H and O–H groups in total. The van der Waals surface area contributed by atoms with Gasteiger partial charge in [0, 0.05) is 23.5 Å². The predicted octanol–water partition coefficient (Wildman–Crippen LogP) is 3.76. The third kappa shape index (κ3) is 2.99. The maximum Gasteiger partial charge on any atom is 0.303 e. The van der Waals surface area contributed by atoms with Crippen LogP contribution in [-0.2, 0) is 11.2 Å². The lowest BCUT2D eigenvalue weighted by molar-refractivity contribution is -0.136. The lowest BCUT2D eigenvalue weighted by Gasteiger charge is -2.10. The fourth-order valence-electron chi connectivity index (χ4n) is 2.18. The average Bonchev–Trinajstić information content (AvgIpc) is 2.62. The number of aryl methyl sites for hydroxylation is 2. The molecule has 0 spiro atoms. The molecule has 0 aliphatic rings. The van der Waals surface area contributed by atoms with Crippen molar-refractivity contribution in [2.24, 2.45) is 0 Å². The van der Waals surface area contributed by atoms with E-state index in [1.807, 2.05) is 44.2 Å². The van der Waals surface area contributed by atoms with Gasteiger partial charge in [-0.2, -0.15) is 0 Å². The minimum absolute atomic E-state index is 0.159. The van der Waals surface area contributed by atoms with E-state index in [1.54, 1.807) is 0 Å². The molecule has 3 nitrogen and oxygen atoms in total. The molecule has 0 aliphatic carbocycles. The van der Waals surface area contributed by atoms with Gasteiger partial charge >= 0.3 is 5.97 Å². The van der Waals surface area contributed by atoms with Crippen molar-refractivity contribution < 1.29 is 9.90 Å². The molecule has 0 bridgehead atoms. The summed E-state index contributed by atoms with van der Waals surface area (Å²) in [5, 5.41) is 9.42. The van der Waals surface area contributed by atoms with Gasteiger partial charge in [0.2, 0.25) is 0 Å². The quantitative estimate of drug-likeness (QED) is 0.924. The monoisotopic (exact) mass is 277 g/mol. The molecule has 2 aromatic rings. The smallest absolute Gasteiger partial charge is 0.303 e. The van der Waals surface area contributed by atoms with Gasteiger partial charge in [0.25, 0.3) is 0 Å². The van der Waals surface area contributed by atoms with Gasteiger partial charge in [-0.15, -0.1) is 0 Å². The summed E-state index contributed by atoms with van der Waals surface area (Å²) in [4.78, 5) is 10.5. The Hall–Kier alpha value is -1.74. The summed E-state index contributed by atoms with van der Waals surface area (Å²) >= 11 is 6.11. The summed E-state index contributed by atoms with van der Waals surface area (Å²) in [6, 6.07) is 9.85. The molecule has 1 aromatic heterocycles. The fourth-order valence-corrected chi connectivity index (χ4v) is 2.43. The van der Waals surface area contributed by atoms with Crippen molar-refractivity contribution in [3.63, 3.8) is 0 Å². The van der Waals surface area contributed by atoms with Crippen LogP contribution in [0.1, 0.15) is 23.4 Å². The molecule has 0 atom stereocenters. The highest BCUT2D eigenvalue weighted by atomic mass is 35.5. The van der Waals surface area contributed by atoms with Gasteiger partial charge in [-0.1, -0.05) is 23.7 Å². The normalized spacial score (nSPS) is 10.7. The van der Waals surface area contributed by atoms with Crippen LogP contribution < -0.4 is 0 Å². The van der Waals surface area contributed by atoms with E-state index in [9.17, 15) is 4.79 Å². The van der Waals surface area contributed by atoms with Gasteiger partial charge in [0.1, 0.15) is 0 Å². The zero-order chi connectivity index (χ0) is 14.0. The molecule has 0 unspecified atom stereocenters. The Kier molecular flexibility index (Phi) is 3.96. The Morgan fingerprint density at radius 2 is 1.89 bits per heavy atom. The van der Waals surface area contributed by atoms with E-state index in [2.05, 4.69) is 4.57 Å². The Labute approximate surface area is 117 Å². The SMILES string of the molecule is Cc1cc(Cl)c(C)n1-c1ccc(CCC(=O)O)cc1. The summed E-state index contributed by atoms with van der Waals surface area (Å²) in [5.41, 5.74) is 4.17. The van der Waals surface area contributed by atoms with Gasteiger partial charge < -0.3 is 9.67 Å². The van der Waals surface area contributed by atoms with E-state index in [0.29, 0.717) is 6.42 Å². The van der Waals surface area contributed by atoms with Crippen LogP contribution in [0.15, 0.2) is 30.3 Å². The van der Waals surface area contributed by atoms with Crippen molar-refractivity contribution in [3.05, 3.63) is 52.3 Å².